The van der Waals surface area contributed by atoms with Gasteiger partial charge in [0.1, 0.15) is 6.54 Å². The highest BCUT2D eigenvalue weighted by molar-refractivity contribution is 6.30. The van der Waals surface area contributed by atoms with Crippen LogP contribution in [-0.4, -0.2) is 19.3 Å². The zero-order valence-electron chi connectivity index (χ0n) is 16.5. The number of para-hydroxylation sites is 1. The van der Waals surface area contributed by atoms with E-state index in [9.17, 15) is 9.59 Å². The highest BCUT2D eigenvalue weighted by Crippen LogP contribution is 2.19. The number of hydrogen-bond donors (Lipinski definition) is 0. The summed E-state index contributed by atoms with van der Waals surface area (Å²) in [6.07, 6.45) is 2.73. The van der Waals surface area contributed by atoms with Crippen LogP contribution in [0.5, 0.6) is 0 Å². The van der Waals surface area contributed by atoms with E-state index in [0.29, 0.717) is 28.3 Å². The van der Waals surface area contributed by atoms with Crippen LogP contribution in [0.2, 0.25) is 5.02 Å². The van der Waals surface area contributed by atoms with Gasteiger partial charge in [-0.1, -0.05) is 48.7 Å². The van der Waals surface area contributed by atoms with Crippen LogP contribution in [0, 0.1) is 0 Å². The largest absolute Gasteiger partial charge is 0.337 e. The first kappa shape index (κ1) is 20.1. The summed E-state index contributed by atoms with van der Waals surface area (Å²) in [5.41, 5.74) is 0.665. The lowest BCUT2D eigenvalue weighted by molar-refractivity contribution is 0.369. The molecule has 0 radical (unpaired) electrons. The van der Waals surface area contributed by atoms with Crippen LogP contribution in [0.4, 0.5) is 0 Å². The van der Waals surface area contributed by atoms with Crippen molar-refractivity contribution >= 4 is 22.5 Å². The first-order chi connectivity index (χ1) is 14.6. The first-order valence-electron chi connectivity index (χ1n) is 9.89. The molecule has 2 aromatic carbocycles. The Labute approximate surface area is 177 Å². The summed E-state index contributed by atoms with van der Waals surface area (Å²) in [5.74, 6) is 0.696. The van der Waals surface area contributed by atoms with Crippen LogP contribution in [0.25, 0.3) is 22.3 Å². The molecular weight excluding hydrogens is 404 g/mol. The summed E-state index contributed by atoms with van der Waals surface area (Å²) < 4.78 is 8.20. The Hall–Kier alpha value is -3.19. The zero-order chi connectivity index (χ0) is 21.1. The van der Waals surface area contributed by atoms with Gasteiger partial charge >= 0.3 is 5.69 Å². The molecule has 0 aliphatic carbocycles. The molecule has 0 amide bonds. The summed E-state index contributed by atoms with van der Waals surface area (Å²) >= 11 is 5.93. The van der Waals surface area contributed by atoms with Crippen molar-refractivity contribution in [2.45, 2.75) is 39.3 Å². The van der Waals surface area contributed by atoms with E-state index < -0.39 is 0 Å². The van der Waals surface area contributed by atoms with E-state index in [0.717, 1.165) is 24.8 Å². The Balaban J connectivity index is 1.74. The summed E-state index contributed by atoms with van der Waals surface area (Å²) in [5, 5.41) is 5.12. The van der Waals surface area contributed by atoms with Crippen molar-refractivity contribution in [3.8, 4) is 11.4 Å². The van der Waals surface area contributed by atoms with E-state index in [4.69, 9.17) is 16.1 Å². The van der Waals surface area contributed by atoms with Crippen LogP contribution in [0.1, 0.15) is 32.1 Å². The maximum absolute atomic E-state index is 13.1. The molecule has 0 aliphatic rings. The molecule has 0 aliphatic heterocycles. The maximum Gasteiger partial charge on any atom is 0.331 e. The highest BCUT2D eigenvalue weighted by Gasteiger charge is 2.16. The molecule has 30 heavy (non-hydrogen) atoms. The van der Waals surface area contributed by atoms with Crippen LogP contribution in [0.3, 0.4) is 0 Å². The summed E-state index contributed by atoms with van der Waals surface area (Å²) in [7, 11) is 0. The lowest BCUT2D eigenvalue weighted by Crippen LogP contribution is -2.40. The average Bonchev–Trinajstić information content (AvgIpc) is 3.23. The molecule has 0 unspecified atom stereocenters. The lowest BCUT2D eigenvalue weighted by Gasteiger charge is -2.12. The van der Waals surface area contributed by atoms with Gasteiger partial charge in [-0.15, -0.1) is 0 Å². The Morgan fingerprint density at radius 1 is 1.00 bits per heavy atom. The predicted molar refractivity (Wildman–Crippen MR) is 116 cm³/mol. The van der Waals surface area contributed by atoms with Gasteiger partial charge in [-0.05, 0) is 42.8 Å². The third-order valence-electron chi connectivity index (χ3n) is 4.98. The van der Waals surface area contributed by atoms with E-state index in [-0.39, 0.29) is 23.7 Å². The van der Waals surface area contributed by atoms with Crippen LogP contribution in [-0.2, 0) is 13.1 Å². The fourth-order valence-electron chi connectivity index (χ4n) is 3.41. The Kier molecular flexibility index (Phi) is 5.81. The molecule has 0 spiro atoms. The van der Waals surface area contributed by atoms with Crippen molar-refractivity contribution in [2.75, 3.05) is 0 Å². The first-order valence-corrected chi connectivity index (χ1v) is 10.3. The predicted octanol–water partition coefficient (Wildman–Crippen LogP) is 4.11. The number of benzene rings is 2. The second kappa shape index (κ2) is 8.67. The normalized spacial score (nSPS) is 11.3. The van der Waals surface area contributed by atoms with E-state index >= 15 is 0 Å². The number of fused-ring (bicyclic) bond motifs is 1. The van der Waals surface area contributed by atoms with Crippen LogP contribution >= 0.6 is 11.6 Å². The second-order valence-electron chi connectivity index (χ2n) is 7.07. The van der Waals surface area contributed by atoms with Crippen molar-refractivity contribution in [3.63, 3.8) is 0 Å². The molecule has 0 atom stereocenters. The van der Waals surface area contributed by atoms with Gasteiger partial charge in [-0.3, -0.25) is 13.9 Å². The van der Waals surface area contributed by atoms with Crippen molar-refractivity contribution in [3.05, 3.63) is 80.3 Å². The molecule has 2 aromatic heterocycles. The molecule has 4 rings (SSSR count). The molecule has 0 fully saturated rings. The van der Waals surface area contributed by atoms with Crippen LogP contribution < -0.4 is 11.2 Å². The third-order valence-corrected chi connectivity index (χ3v) is 5.23. The SMILES string of the molecule is CCCCCn1c(=O)c2ccccc2n(Cc2nc(-c3ccc(Cl)cc3)no2)c1=O. The zero-order valence-corrected chi connectivity index (χ0v) is 17.3. The summed E-state index contributed by atoms with van der Waals surface area (Å²) in [6, 6.07) is 14.2. The number of hydrogen-bond acceptors (Lipinski definition) is 5. The number of rotatable bonds is 7. The molecule has 8 heteroatoms. The topological polar surface area (TPSA) is 82.9 Å². The van der Waals surface area contributed by atoms with E-state index in [1.807, 2.05) is 0 Å². The average molecular weight is 425 g/mol. The molecule has 154 valence electrons. The fourth-order valence-corrected chi connectivity index (χ4v) is 3.54. The summed E-state index contributed by atoms with van der Waals surface area (Å²) in [4.78, 5) is 30.4. The van der Waals surface area contributed by atoms with Gasteiger partial charge in [-0.25, -0.2) is 4.79 Å². The molecule has 0 saturated heterocycles. The second-order valence-corrected chi connectivity index (χ2v) is 7.50. The molecular formula is C22H21ClN4O3. The lowest BCUT2D eigenvalue weighted by atomic mass is 10.2. The Morgan fingerprint density at radius 3 is 2.53 bits per heavy atom. The minimum atomic E-state index is -0.374. The highest BCUT2D eigenvalue weighted by atomic mass is 35.5. The minimum absolute atomic E-state index is 0.0774. The van der Waals surface area contributed by atoms with Gasteiger partial charge in [0.05, 0.1) is 10.9 Å². The Morgan fingerprint density at radius 2 is 1.77 bits per heavy atom. The number of nitrogens with zero attached hydrogens (tertiary/aromatic N) is 4. The van der Waals surface area contributed by atoms with Crippen molar-refractivity contribution < 1.29 is 4.52 Å². The monoisotopic (exact) mass is 424 g/mol. The Bertz CT molecular complexity index is 1290. The number of halogens is 1. The van der Waals surface area contributed by atoms with Crippen molar-refractivity contribution in [1.82, 2.24) is 19.3 Å². The molecule has 0 bridgehead atoms. The molecule has 2 heterocycles. The summed E-state index contributed by atoms with van der Waals surface area (Å²) in [6.45, 7) is 2.54. The van der Waals surface area contributed by atoms with Gasteiger partial charge in [0.25, 0.3) is 5.56 Å². The molecule has 0 N–H and O–H groups in total. The van der Waals surface area contributed by atoms with E-state index in [1.165, 1.54) is 9.13 Å². The fraction of sp³-hybridized carbons (Fsp3) is 0.273. The van der Waals surface area contributed by atoms with Gasteiger partial charge in [0, 0.05) is 17.1 Å². The quantitative estimate of drug-likeness (QED) is 0.417. The maximum atomic E-state index is 13.1. The van der Waals surface area contributed by atoms with Gasteiger partial charge in [-0.2, -0.15) is 4.98 Å². The van der Waals surface area contributed by atoms with E-state index in [1.54, 1.807) is 48.5 Å². The van der Waals surface area contributed by atoms with Crippen molar-refractivity contribution in [2.24, 2.45) is 0 Å². The van der Waals surface area contributed by atoms with Gasteiger partial charge < -0.3 is 4.52 Å². The molecule has 0 saturated carbocycles. The van der Waals surface area contributed by atoms with Crippen LogP contribution in [0.15, 0.2) is 62.6 Å². The number of aromatic nitrogens is 4. The van der Waals surface area contributed by atoms with Crippen molar-refractivity contribution in [1.29, 1.82) is 0 Å². The van der Waals surface area contributed by atoms with Gasteiger partial charge in [0.2, 0.25) is 11.7 Å². The third kappa shape index (κ3) is 3.93. The minimum Gasteiger partial charge on any atom is -0.337 e. The number of unbranched alkanes of at least 4 members (excludes halogenated alkanes) is 2. The van der Waals surface area contributed by atoms with E-state index in [2.05, 4.69) is 17.1 Å². The smallest absolute Gasteiger partial charge is 0.331 e. The molecule has 4 aromatic rings. The van der Waals surface area contributed by atoms with Gasteiger partial charge in [0.15, 0.2) is 0 Å². The standard InChI is InChI=1S/C22H21ClN4O3/c1-2-3-6-13-26-21(28)17-7-4-5-8-18(17)27(22(26)29)14-19-24-20(25-30-19)15-9-11-16(23)12-10-15/h4-5,7-12H,2-3,6,13-14H2,1H3. The molecule has 7 nitrogen and oxygen atoms in total.